The summed E-state index contributed by atoms with van der Waals surface area (Å²) in [6.07, 6.45) is 2.18. The Kier molecular flexibility index (Phi) is 5.84. The van der Waals surface area contributed by atoms with Crippen molar-refractivity contribution in [1.29, 1.82) is 0 Å². The van der Waals surface area contributed by atoms with Gasteiger partial charge in [0.25, 0.3) is 0 Å². The molecule has 1 saturated carbocycles. The van der Waals surface area contributed by atoms with Crippen LogP contribution in [-0.4, -0.2) is 26.1 Å². The van der Waals surface area contributed by atoms with Crippen molar-refractivity contribution in [3.05, 3.63) is 29.8 Å². The number of hydrogen-bond acceptors (Lipinski definition) is 3. The minimum absolute atomic E-state index is 0. The van der Waals surface area contributed by atoms with Crippen LogP contribution in [0.4, 0.5) is 0 Å². The molecule has 1 aliphatic carbocycles. The van der Waals surface area contributed by atoms with E-state index in [9.17, 15) is 4.79 Å². The summed E-state index contributed by atoms with van der Waals surface area (Å²) < 4.78 is 5.41. The second-order valence-electron chi connectivity index (χ2n) is 5.34. The van der Waals surface area contributed by atoms with E-state index < -0.39 is 0 Å². The van der Waals surface area contributed by atoms with Crippen molar-refractivity contribution in [2.45, 2.75) is 25.2 Å². The molecule has 0 radical (unpaired) electrons. The summed E-state index contributed by atoms with van der Waals surface area (Å²) in [6.45, 7) is 2.89. The fourth-order valence-electron chi connectivity index (χ4n) is 2.31. The van der Waals surface area contributed by atoms with E-state index in [1.165, 1.54) is 5.56 Å². The Bertz CT molecular complexity index is 461. The van der Waals surface area contributed by atoms with Gasteiger partial charge in [-0.2, -0.15) is 0 Å². The molecule has 1 atom stereocenters. The molecule has 1 unspecified atom stereocenters. The van der Waals surface area contributed by atoms with Gasteiger partial charge < -0.3 is 15.8 Å². The number of rotatable bonds is 6. The maximum absolute atomic E-state index is 11.8. The van der Waals surface area contributed by atoms with E-state index in [4.69, 9.17) is 10.5 Å². The summed E-state index contributed by atoms with van der Waals surface area (Å²) in [4.78, 5) is 11.8. The molecule has 2 rings (SSSR count). The van der Waals surface area contributed by atoms with Crippen LogP contribution in [0.2, 0.25) is 0 Å². The molecule has 0 aromatic heterocycles. The van der Waals surface area contributed by atoms with Crippen molar-refractivity contribution < 1.29 is 9.53 Å². The third kappa shape index (κ3) is 3.44. The molecule has 0 spiro atoms. The van der Waals surface area contributed by atoms with Gasteiger partial charge in [-0.25, -0.2) is 0 Å². The molecular formula is C15H23ClN2O2. The van der Waals surface area contributed by atoms with E-state index in [0.717, 1.165) is 18.6 Å². The number of methoxy groups -OCH3 is 1. The van der Waals surface area contributed by atoms with Crippen LogP contribution in [-0.2, 0) is 10.2 Å². The molecule has 5 heteroatoms. The molecule has 0 saturated heterocycles. The van der Waals surface area contributed by atoms with Gasteiger partial charge in [-0.3, -0.25) is 4.79 Å². The summed E-state index contributed by atoms with van der Waals surface area (Å²) in [5.74, 6) is 0.804. The van der Waals surface area contributed by atoms with Gasteiger partial charge in [0, 0.05) is 30.0 Å². The van der Waals surface area contributed by atoms with Crippen molar-refractivity contribution in [3.8, 4) is 5.75 Å². The summed E-state index contributed by atoms with van der Waals surface area (Å²) in [6, 6.07) is 8.04. The highest BCUT2D eigenvalue weighted by atomic mass is 35.5. The van der Waals surface area contributed by atoms with Crippen LogP contribution in [0.1, 0.15) is 25.3 Å². The van der Waals surface area contributed by atoms with Gasteiger partial charge in [-0.15, -0.1) is 12.4 Å². The summed E-state index contributed by atoms with van der Waals surface area (Å²) in [5.41, 5.74) is 6.75. The number of carbonyl (C=O) groups excluding carboxylic acids is 1. The van der Waals surface area contributed by atoms with Crippen LogP contribution in [0, 0.1) is 5.92 Å². The number of benzene rings is 1. The number of halogens is 1. The van der Waals surface area contributed by atoms with E-state index in [0.29, 0.717) is 13.1 Å². The molecule has 1 amide bonds. The lowest BCUT2D eigenvalue weighted by Crippen LogP contribution is -2.38. The first-order valence-electron chi connectivity index (χ1n) is 6.74. The van der Waals surface area contributed by atoms with E-state index >= 15 is 0 Å². The Labute approximate surface area is 126 Å². The number of carbonyl (C=O) groups is 1. The van der Waals surface area contributed by atoms with Crippen LogP contribution in [0.5, 0.6) is 5.75 Å². The first kappa shape index (κ1) is 16.8. The standard InChI is InChI=1S/C15H22N2O2.ClH/c1-11(9-16)14(18)17-10-15(7-8-15)12-5-3-4-6-13(12)19-2;/h3-6,11H,7-10,16H2,1-2H3,(H,17,18);1H. The average molecular weight is 299 g/mol. The molecule has 1 aliphatic rings. The van der Waals surface area contributed by atoms with Gasteiger partial charge in [0.2, 0.25) is 5.91 Å². The molecule has 112 valence electrons. The Morgan fingerprint density at radius 1 is 1.45 bits per heavy atom. The molecule has 20 heavy (non-hydrogen) atoms. The van der Waals surface area contributed by atoms with Crippen molar-refractivity contribution >= 4 is 18.3 Å². The minimum Gasteiger partial charge on any atom is -0.496 e. The summed E-state index contributed by atoms with van der Waals surface area (Å²) in [7, 11) is 1.68. The molecular weight excluding hydrogens is 276 g/mol. The third-order valence-electron chi connectivity index (χ3n) is 3.93. The highest BCUT2D eigenvalue weighted by Gasteiger charge is 2.46. The molecule has 0 heterocycles. The van der Waals surface area contributed by atoms with Crippen LogP contribution >= 0.6 is 12.4 Å². The topological polar surface area (TPSA) is 64.3 Å². The zero-order valence-corrected chi connectivity index (χ0v) is 12.8. The van der Waals surface area contributed by atoms with Crippen LogP contribution < -0.4 is 15.8 Å². The maximum Gasteiger partial charge on any atom is 0.224 e. The average Bonchev–Trinajstić information content (AvgIpc) is 3.24. The Morgan fingerprint density at radius 2 is 2.10 bits per heavy atom. The number of nitrogens with one attached hydrogen (secondary N) is 1. The molecule has 1 aromatic carbocycles. The van der Waals surface area contributed by atoms with Gasteiger partial charge in [0.15, 0.2) is 0 Å². The van der Waals surface area contributed by atoms with Gasteiger partial charge in [-0.05, 0) is 18.9 Å². The first-order valence-corrected chi connectivity index (χ1v) is 6.74. The third-order valence-corrected chi connectivity index (χ3v) is 3.93. The first-order chi connectivity index (χ1) is 9.13. The molecule has 0 aliphatic heterocycles. The predicted octanol–water partition coefficient (Wildman–Crippen LogP) is 1.86. The number of hydrogen-bond donors (Lipinski definition) is 2. The minimum atomic E-state index is -0.131. The van der Waals surface area contributed by atoms with Crippen molar-refractivity contribution in [3.63, 3.8) is 0 Å². The monoisotopic (exact) mass is 298 g/mol. The quantitative estimate of drug-likeness (QED) is 0.842. The zero-order valence-electron chi connectivity index (χ0n) is 12.0. The van der Waals surface area contributed by atoms with Gasteiger partial charge in [0.1, 0.15) is 5.75 Å². The maximum atomic E-state index is 11.8. The van der Waals surface area contributed by atoms with Crippen molar-refractivity contribution in [2.24, 2.45) is 11.7 Å². The highest BCUT2D eigenvalue weighted by Crippen LogP contribution is 2.50. The summed E-state index contributed by atoms with van der Waals surface area (Å²) in [5, 5.41) is 3.01. The number of amides is 1. The largest absolute Gasteiger partial charge is 0.496 e. The lowest BCUT2D eigenvalue weighted by atomic mass is 9.94. The SMILES string of the molecule is COc1ccccc1C1(CNC(=O)C(C)CN)CC1.Cl. The zero-order chi connectivity index (χ0) is 13.9. The summed E-state index contributed by atoms with van der Waals surface area (Å²) >= 11 is 0. The molecule has 0 bridgehead atoms. The molecule has 1 fully saturated rings. The van der Waals surface area contributed by atoms with Crippen LogP contribution in [0.25, 0.3) is 0 Å². The molecule has 4 nitrogen and oxygen atoms in total. The second kappa shape index (κ2) is 6.95. The normalized spacial score (nSPS) is 16.8. The fraction of sp³-hybridized carbons (Fsp3) is 0.533. The van der Waals surface area contributed by atoms with Crippen molar-refractivity contribution in [1.82, 2.24) is 5.32 Å². The second-order valence-corrected chi connectivity index (χ2v) is 5.34. The number of ether oxygens (including phenoxy) is 1. The van der Waals surface area contributed by atoms with Gasteiger partial charge >= 0.3 is 0 Å². The van der Waals surface area contributed by atoms with Crippen LogP contribution in [0.3, 0.4) is 0 Å². The lowest BCUT2D eigenvalue weighted by molar-refractivity contribution is -0.124. The Morgan fingerprint density at radius 3 is 2.65 bits per heavy atom. The van der Waals surface area contributed by atoms with E-state index in [-0.39, 0.29) is 29.6 Å². The Hall–Kier alpha value is -1.26. The molecule has 3 N–H and O–H groups in total. The number of para-hydroxylation sites is 1. The lowest BCUT2D eigenvalue weighted by Gasteiger charge is -2.20. The van der Waals surface area contributed by atoms with Gasteiger partial charge in [-0.1, -0.05) is 25.1 Å². The highest BCUT2D eigenvalue weighted by molar-refractivity contribution is 5.85. The van der Waals surface area contributed by atoms with E-state index in [1.54, 1.807) is 7.11 Å². The van der Waals surface area contributed by atoms with E-state index in [2.05, 4.69) is 11.4 Å². The number of nitrogens with two attached hydrogens (primary N) is 1. The van der Waals surface area contributed by atoms with Crippen molar-refractivity contribution in [2.75, 3.05) is 20.2 Å². The Balaban J connectivity index is 0.00000200. The van der Waals surface area contributed by atoms with Gasteiger partial charge in [0.05, 0.1) is 7.11 Å². The van der Waals surface area contributed by atoms with E-state index in [1.807, 2.05) is 25.1 Å². The molecule has 1 aromatic rings. The predicted molar refractivity (Wildman–Crippen MR) is 82.4 cm³/mol. The van der Waals surface area contributed by atoms with Crippen LogP contribution in [0.15, 0.2) is 24.3 Å². The fourth-order valence-corrected chi connectivity index (χ4v) is 2.31. The smallest absolute Gasteiger partial charge is 0.224 e.